The molecular formula is C16H29NO2. The molecular weight excluding hydrogens is 238 g/mol. The molecule has 1 heterocycles. The van der Waals surface area contributed by atoms with Gasteiger partial charge in [-0.05, 0) is 57.8 Å². The summed E-state index contributed by atoms with van der Waals surface area (Å²) in [6.45, 7) is 9.82. The Morgan fingerprint density at radius 2 is 1.95 bits per heavy atom. The predicted octanol–water partition coefficient (Wildman–Crippen LogP) is 4.21. The fourth-order valence-corrected chi connectivity index (χ4v) is 3.36. The van der Waals surface area contributed by atoms with Crippen LogP contribution in [0.5, 0.6) is 0 Å². The van der Waals surface area contributed by atoms with Crippen molar-refractivity contribution in [2.45, 2.75) is 71.8 Å². The van der Waals surface area contributed by atoms with Gasteiger partial charge in [-0.25, -0.2) is 4.79 Å². The topological polar surface area (TPSA) is 29.5 Å². The summed E-state index contributed by atoms with van der Waals surface area (Å²) in [6.07, 6.45) is 7.69. The zero-order valence-electron chi connectivity index (χ0n) is 13.0. The Labute approximate surface area is 117 Å². The summed E-state index contributed by atoms with van der Waals surface area (Å²) in [5.41, 5.74) is 0.211. The Morgan fingerprint density at radius 1 is 1.32 bits per heavy atom. The molecule has 1 amide bonds. The number of nitrogens with zero attached hydrogens (tertiary/aromatic N) is 1. The molecule has 19 heavy (non-hydrogen) atoms. The summed E-state index contributed by atoms with van der Waals surface area (Å²) < 4.78 is 5.44. The van der Waals surface area contributed by atoms with E-state index in [4.69, 9.17) is 4.74 Å². The van der Waals surface area contributed by atoms with Gasteiger partial charge in [0.25, 0.3) is 0 Å². The molecule has 1 aliphatic heterocycles. The van der Waals surface area contributed by atoms with Gasteiger partial charge in [0.1, 0.15) is 5.60 Å². The lowest BCUT2D eigenvalue weighted by Crippen LogP contribution is -2.42. The maximum atomic E-state index is 12.0. The van der Waals surface area contributed by atoms with Crippen LogP contribution in [0.4, 0.5) is 4.79 Å². The standard InChI is InChI=1S/C16H29NO2/c1-5-6-7-13-12-16(13)8-10-17(11-9-16)14(18)19-15(2,3)4/h13H,5-12H2,1-4H3. The van der Waals surface area contributed by atoms with E-state index >= 15 is 0 Å². The monoisotopic (exact) mass is 267 g/mol. The van der Waals surface area contributed by atoms with Crippen molar-refractivity contribution in [1.29, 1.82) is 0 Å². The molecule has 1 unspecified atom stereocenters. The maximum absolute atomic E-state index is 12.0. The summed E-state index contributed by atoms with van der Waals surface area (Å²) in [5.74, 6) is 0.938. The van der Waals surface area contributed by atoms with Crippen LogP contribution in [-0.2, 0) is 4.74 Å². The van der Waals surface area contributed by atoms with Crippen molar-refractivity contribution >= 4 is 6.09 Å². The number of ether oxygens (including phenoxy) is 1. The van der Waals surface area contributed by atoms with Gasteiger partial charge in [-0.1, -0.05) is 19.8 Å². The molecule has 1 atom stereocenters. The first kappa shape index (κ1) is 14.7. The number of piperidine rings is 1. The molecule has 2 aliphatic rings. The Morgan fingerprint density at radius 3 is 2.47 bits per heavy atom. The molecule has 0 bridgehead atoms. The van der Waals surface area contributed by atoms with Crippen molar-refractivity contribution in [3.05, 3.63) is 0 Å². The minimum atomic E-state index is -0.380. The minimum absolute atomic E-state index is 0.131. The van der Waals surface area contributed by atoms with Gasteiger partial charge in [0.2, 0.25) is 0 Å². The van der Waals surface area contributed by atoms with Crippen molar-refractivity contribution in [1.82, 2.24) is 4.90 Å². The Balaban J connectivity index is 1.76. The van der Waals surface area contributed by atoms with E-state index in [-0.39, 0.29) is 11.7 Å². The quantitative estimate of drug-likeness (QED) is 0.766. The van der Waals surface area contributed by atoms with Crippen LogP contribution < -0.4 is 0 Å². The van der Waals surface area contributed by atoms with Crippen molar-refractivity contribution < 1.29 is 9.53 Å². The van der Waals surface area contributed by atoms with Gasteiger partial charge < -0.3 is 9.64 Å². The van der Waals surface area contributed by atoms with E-state index in [0.717, 1.165) is 19.0 Å². The fourth-order valence-electron chi connectivity index (χ4n) is 3.36. The van der Waals surface area contributed by atoms with Crippen molar-refractivity contribution in [2.24, 2.45) is 11.3 Å². The van der Waals surface area contributed by atoms with Crippen LogP contribution in [0, 0.1) is 11.3 Å². The normalized spacial score (nSPS) is 25.5. The zero-order chi connectivity index (χ0) is 14.1. The zero-order valence-corrected chi connectivity index (χ0v) is 13.0. The first-order chi connectivity index (χ1) is 8.86. The molecule has 2 rings (SSSR count). The van der Waals surface area contributed by atoms with Gasteiger partial charge in [-0.15, -0.1) is 0 Å². The predicted molar refractivity (Wildman–Crippen MR) is 77.1 cm³/mol. The second kappa shape index (κ2) is 5.34. The van der Waals surface area contributed by atoms with E-state index in [2.05, 4.69) is 6.92 Å². The molecule has 1 saturated heterocycles. The molecule has 0 aromatic heterocycles. The Bertz CT molecular complexity index is 324. The molecule has 1 aliphatic carbocycles. The van der Waals surface area contributed by atoms with E-state index in [0.29, 0.717) is 5.41 Å². The SMILES string of the molecule is CCCCC1CC12CCN(C(=O)OC(C)(C)C)CC2. The summed E-state index contributed by atoms with van der Waals surface area (Å²) >= 11 is 0. The van der Waals surface area contributed by atoms with E-state index < -0.39 is 0 Å². The lowest BCUT2D eigenvalue weighted by Gasteiger charge is -2.34. The lowest BCUT2D eigenvalue weighted by atomic mass is 9.89. The first-order valence-electron chi connectivity index (χ1n) is 7.84. The molecule has 0 aromatic rings. The molecule has 0 N–H and O–H groups in total. The van der Waals surface area contributed by atoms with Crippen LogP contribution >= 0.6 is 0 Å². The summed E-state index contributed by atoms with van der Waals surface area (Å²) in [4.78, 5) is 13.9. The summed E-state index contributed by atoms with van der Waals surface area (Å²) in [7, 11) is 0. The van der Waals surface area contributed by atoms with Crippen molar-refractivity contribution in [3.63, 3.8) is 0 Å². The highest BCUT2D eigenvalue weighted by Crippen LogP contribution is 2.61. The number of hydrogen-bond donors (Lipinski definition) is 0. The number of hydrogen-bond acceptors (Lipinski definition) is 2. The highest BCUT2D eigenvalue weighted by Gasteiger charge is 2.54. The second-order valence-corrected chi connectivity index (χ2v) is 7.37. The lowest BCUT2D eigenvalue weighted by molar-refractivity contribution is 0.0164. The van der Waals surface area contributed by atoms with Gasteiger partial charge in [-0.2, -0.15) is 0 Å². The van der Waals surface area contributed by atoms with Gasteiger partial charge in [0.05, 0.1) is 0 Å². The first-order valence-corrected chi connectivity index (χ1v) is 7.84. The van der Waals surface area contributed by atoms with Gasteiger partial charge in [0.15, 0.2) is 0 Å². The largest absolute Gasteiger partial charge is 0.444 e. The number of carbonyl (C=O) groups excluding carboxylic acids is 1. The molecule has 110 valence electrons. The van der Waals surface area contributed by atoms with Gasteiger partial charge >= 0.3 is 6.09 Å². The van der Waals surface area contributed by atoms with Crippen LogP contribution in [0.3, 0.4) is 0 Å². The average Bonchev–Trinajstić information content (AvgIpc) is 2.98. The Kier molecular flexibility index (Phi) is 4.12. The van der Waals surface area contributed by atoms with Gasteiger partial charge in [0, 0.05) is 13.1 Å². The third-order valence-electron chi connectivity index (χ3n) is 4.68. The molecule has 2 fully saturated rings. The third-order valence-corrected chi connectivity index (χ3v) is 4.68. The summed E-state index contributed by atoms with van der Waals surface area (Å²) in [5, 5.41) is 0. The average molecular weight is 267 g/mol. The van der Waals surface area contributed by atoms with E-state index in [9.17, 15) is 4.79 Å². The highest BCUT2D eigenvalue weighted by atomic mass is 16.6. The number of amides is 1. The van der Waals surface area contributed by atoms with Crippen LogP contribution in [0.2, 0.25) is 0 Å². The Hall–Kier alpha value is -0.730. The highest BCUT2D eigenvalue weighted by molar-refractivity contribution is 5.68. The van der Waals surface area contributed by atoms with Crippen LogP contribution in [0.15, 0.2) is 0 Å². The minimum Gasteiger partial charge on any atom is -0.444 e. The van der Waals surface area contributed by atoms with E-state index in [1.807, 2.05) is 25.7 Å². The van der Waals surface area contributed by atoms with Crippen LogP contribution in [-0.4, -0.2) is 29.7 Å². The number of likely N-dealkylation sites (tertiary alicyclic amines) is 1. The van der Waals surface area contributed by atoms with Gasteiger partial charge in [-0.3, -0.25) is 0 Å². The number of carbonyl (C=O) groups is 1. The number of unbranched alkanes of at least 4 members (excludes halogenated alkanes) is 1. The summed E-state index contributed by atoms with van der Waals surface area (Å²) in [6, 6.07) is 0. The van der Waals surface area contributed by atoms with Crippen LogP contribution in [0.25, 0.3) is 0 Å². The molecule has 0 aromatic carbocycles. The molecule has 3 heteroatoms. The van der Waals surface area contributed by atoms with Crippen LogP contribution in [0.1, 0.15) is 66.2 Å². The molecule has 1 spiro atoms. The number of rotatable bonds is 3. The van der Waals surface area contributed by atoms with Crippen molar-refractivity contribution in [3.8, 4) is 0 Å². The van der Waals surface area contributed by atoms with E-state index in [1.54, 1.807) is 0 Å². The van der Waals surface area contributed by atoms with Crippen molar-refractivity contribution in [2.75, 3.05) is 13.1 Å². The molecule has 3 nitrogen and oxygen atoms in total. The maximum Gasteiger partial charge on any atom is 0.410 e. The smallest absolute Gasteiger partial charge is 0.410 e. The third kappa shape index (κ3) is 3.64. The second-order valence-electron chi connectivity index (χ2n) is 7.37. The molecule has 1 saturated carbocycles. The molecule has 0 radical (unpaired) electrons. The van der Waals surface area contributed by atoms with E-state index in [1.165, 1.54) is 38.5 Å². The fraction of sp³-hybridized carbons (Fsp3) is 0.938.